The van der Waals surface area contributed by atoms with Gasteiger partial charge in [0.25, 0.3) is 0 Å². The number of hydrogen-bond acceptors (Lipinski definition) is 4. The molecule has 3 aromatic rings. The van der Waals surface area contributed by atoms with Gasteiger partial charge in [-0.05, 0) is 43.9 Å². The Hall–Kier alpha value is -2.66. The topological polar surface area (TPSA) is 81.1 Å². The summed E-state index contributed by atoms with van der Waals surface area (Å²) in [5.74, 6) is 0.493. The van der Waals surface area contributed by atoms with Crippen molar-refractivity contribution in [2.24, 2.45) is 5.73 Å². The highest BCUT2D eigenvalue weighted by Gasteiger charge is 2.18. The van der Waals surface area contributed by atoms with Crippen molar-refractivity contribution < 1.29 is 9.21 Å². The predicted octanol–water partition coefficient (Wildman–Crippen LogP) is 4.31. The summed E-state index contributed by atoms with van der Waals surface area (Å²) in [5.41, 5.74) is 9.44. The molecule has 1 unspecified atom stereocenters. The van der Waals surface area contributed by atoms with Crippen molar-refractivity contribution in [1.29, 1.82) is 0 Å². The van der Waals surface area contributed by atoms with Crippen molar-refractivity contribution >= 4 is 17.0 Å². The number of nitrogens with zero attached hydrogens (tertiary/aromatic N) is 1. The maximum absolute atomic E-state index is 11.2. The first-order valence-corrected chi connectivity index (χ1v) is 10.1. The summed E-state index contributed by atoms with van der Waals surface area (Å²) >= 11 is 0. The van der Waals surface area contributed by atoms with Crippen molar-refractivity contribution in [1.82, 2.24) is 10.3 Å². The van der Waals surface area contributed by atoms with Crippen molar-refractivity contribution in [3.63, 3.8) is 0 Å². The zero-order valence-electron chi connectivity index (χ0n) is 16.5. The average Bonchev–Trinajstić information content (AvgIpc) is 3.12. The maximum Gasteiger partial charge on any atom is 0.217 e. The highest BCUT2D eigenvalue weighted by molar-refractivity contribution is 5.77. The molecular formula is C23H29N3O2. The van der Waals surface area contributed by atoms with E-state index in [1.165, 1.54) is 5.56 Å². The third-order valence-electron chi connectivity index (χ3n) is 4.94. The summed E-state index contributed by atoms with van der Waals surface area (Å²) in [5, 5.41) is 3.43. The Morgan fingerprint density at radius 2 is 1.89 bits per heavy atom. The van der Waals surface area contributed by atoms with Crippen LogP contribution in [0.25, 0.3) is 11.1 Å². The summed E-state index contributed by atoms with van der Waals surface area (Å²) in [7, 11) is 0. The molecule has 28 heavy (non-hydrogen) atoms. The number of amides is 1. The lowest BCUT2D eigenvalue weighted by Gasteiger charge is -2.17. The van der Waals surface area contributed by atoms with Gasteiger partial charge in [-0.2, -0.15) is 0 Å². The van der Waals surface area contributed by atoms with Crippen molar-refractivity contribution in [3.05, 3.63) is 65.5 Å². The summed E-state index contributed by atoms with van der Waals surface area (Å²) < 4.78 is 6.12. The monoisotopic (exact) mass is 379 g/mol. The first-order valence-electron chi connectivity index (χ1n) is 10.1. The Morgan fingerprint density at radius 3 is 2.64 bits per heavy atom. The third kappa shape index (κ3) is 5.42. The second-order valence-corrected chi connectivity index (χ2v) is 7.11. The molecule has 0 saturated carbocycles. The molecule has 2 aromatic carbocycles. The molecule has 1 atom stereocenters. The number of carbonyl (C=O) groups is 1. The van der Waals surface area contributed by atoms with Crippen molar-refractivity contribution in [2.45, 2.75) is 51.5 Å². The molecular weight excluding hydrogens is 350 g/mol. The molecule has 3 rings (SSSR count). The van der Waals surface area contributed by atoms with Crippen LogP contribution >= 0.6 is 0 Å². The van der Waals surface area contributed by atoms with Crippen LogP contribution in [0.2, 0.25) is 0 Å². The Bertz CT molecular complexity index is 889. The van der Waals surface area contributed by atoms with E-state index in [0.29, 0.717) is 12.8 Å². The van der Waals surface area contributed by atoms with Crippen molar-refractivity contribution in [3.8, 4) is 0 Å². The number of carbonyl (C=O) groups excluding carboxylic acids is 1. The van der Waals surface area contributed by atoms with Crippen LogP contribution in [0.5, 0.6) is 0 Å². The Morgan fingerprint density at radius 1 is 1.11 bits per heavy atom. The second kappa shape index (κ2) is 10.0. The van der Waals surface area contributed by atoms with Gasteiger partial charge in [0.1, 0.15) is 5.52 Å². The maximum atomic E-state index is 11.2. The van der Waals surface area contributed by atoms with Gasteiger partial charge in [0.15, 0.2) is 11.5 Å². The summed E-state index contributed by atoms with van der Waals surface area (Å²) in [6.07, 6.45) is 5.03. The number of nitrogens with two attached hydrogens (primary N) is 1. The first-order chi connectivity index (χ1) is 13.7. The molecule has 0 fully saturated rings. The second-order valence-electron chi connectivity index (χ2n) is 7.11. The van der Waals surface area contributed by atoms with Crippen LogP contribution in [-0.4, -0.2) is 17.4 Å². The fourth-order valence-electron chi connectivity index (χ4n) is 3.55. The minimum Gasteiger partial charge on any atom is -0.440 e. The third-order valence-corrected chi connectivity index (χ3v) is 4.94. The summed E-state index contributed by atoms with van der Waals surface area (Å²) in [4.78, 5) is 15.9. The molecule has 0 aliphatic carbocycles. The van der Waals surface area contributed by atoms with E-state index in [4.69, 9.17) is 10.2 Å². The minimum absolute atomic E-state index is 0.0279. The molecule has 0 aliphatic heterocycles. The standard InChI is InChI=1S/C23H29N3O2/c1-2-25-19(15-16-21(24)27)18-12-8-13-20-23(18)28-22(26-20)14-7-6-11-17-9-4-3-5-10-17/h3-5,8-10,12-13,19,25H,2,6-7,11,14-16H2,1H3,(H2,24,27). The van der Waals surface area contributed by atoms with Gasteiger partial charge >= 0.3 is 0 Å². The van der Waals surface area contributed by atoms with E-state index < -0.39 is 0 Å². The summed E-state index contributed by atoms with van der Waals surface area (Å²) in [6, 6.07) is 16.6. The molecule has 0 bridgehead atoms. The number of unbranched alkanes of at least 4 members (excludes halogenated alkanes) is 1. The highest BCUT2D eigenvalue weighted by atomic mass is 16.3. The van der Waals surface area contributed by atoms with E-state index in [2.05, 4.69) is 41.5 Å². The number of primary amides is 1. The normalized spacial score (nSPS) is 12.3. The van der Waals surface area contributed by atoms with Gasteiger partial charge in [-0.15, -0.1) is 0 Å². The van der Waals surface area contributed by atoms with Crippen LogP contribution in [0, 0.1) is 0 Å². The smallest absolute Gasteiger partial charge is 0.217 e. The Kier molecular flexibility index (Phi) is 7.20. The molecule has 5 nitrogen and oxygen atoms in total. The molecule has 1 aromatic heterocycles. The first kappa shape index (κ1) is 20.1. The quantitative estimate of drug-likeness (QED) is 0.487. The predicted molar refractivity (Wildman–Crippen MR) is 112 cm³/mol. The van der Waals surface area contributed by atoms with Crippen LogP contribution in [-0.2, 0) is 17.6 Å². The number of aryl methyl sites for hydroxylation is 2. The Labute approximate surface area is 166 Å². The molecule has 1 heterocycles. The molecule has 0 saturated heterocycles. The van der Waals surface area contributed by atoms with E-state index >= 15 is 0 Å². The number of hydrogen-bond donors (Lipinski definition) is 2. The molecule has 0 radical (unpaired) electrons. The fourth-order valence-corrected chi connectivity index (χ4v) is 3.55. The number of aromatic nitrogens is 1. The number of fused-ring (bicyclic) bond motifs is 1. The van der Waals surface area contributed by atoms with Crippen LogP contribution in [0.4, 0.5) is 0 Å². The van der Waals surface area contributed by atoms with E-state index in [-0.39, 0.29) is 11.9 Å². The zero-order chi connectivity index (χ0) is 19.8. The number of rotatable bonds is 11. The Balaban J connectivity index is 1.66. The zero-order valence-corrected chi connectivity index (χ0v) is 16.5. The number of nitrogens with one attached hydrogen (secondary N) is 1. The molecule has 5 heteroatoms. The number of benzene rings is 2. The molecule has 148 valence electrons. The van der Waals surface area contributed by atoms with Gasteiger partial charge in [-0.25, -0.2) is 4.98 Å². The SMILES string of the molecule is CCNC(CCC(N)=O)c1cccc2nc(CCCCc3ccccc3)oc12. The van der Waals surface area contributed by atoms with Gasteiger partial charge in [-0.3, -0.25) is 4.79 Å². The van der Waals surface area contributed by atoms with Crippen LogP contribution < -0.4 is 11.1 Å². The van der Waals surface area contributed by atoms with Gasteiger partial charge in [0.2, 0.25) is 5.91 Å². The fraction of sp³-hybridized carbons (Fsp3) is 0.391. The van der Waals surface area contributed by atoms with Gasteiger partial charge in [-0.1, -0.05) is 49.4 Å². The van der Waals surface area contributed by atoms with Gasteiger partial charge < -0.3 is 15.5 Å². The van der Waals surface area contributed by atoms with Crippen LogP contribution in [0.1, 0.15) is 55.7 Å². The van der Waals surface area contributed by atoms with E-state index in [9.17, 15) is 4.79 Å². The van der Waals surface area contributed by atoms with Crippen molar-refractivity contribution in [2.75, 3.05) is 6.54 Å². The lowest BCUT2D eigenvalue weighted by molar-refractivity contribution is -0.118. The van der Waals surface area contributed by atoms with Gasteiger partial charge in [0.05, 0.1) is 0 Å². The van der Waals surface area contributed by atoms with E-state index in [1.807, 2.05) is 24.3 Å². The molecule has 3 N–H and O–H groups in total. The molecule has 1 amide bonds. The van der Waals surface area contributed by atoms with Crippen LogP contribution in [0.3, 0.4) is 0 Å². The molecule has 0 spiro atoms. The average molecular weight is 380 g/mol. The van der Waals surface area contributed by atoms with E-state index in [1.54, 1.807) is 0 Å². The lowest BCUT2D eigenvalue weighted by atomic mass is 10.0. The molecule has 0 aliphatic rings. The van der Waals surface area contributed by atoms with E-state index in [0.717, 1.165) is 54.8 Å². The number of oxazole rings is 1. The lowest BCUT2D eigenvalue weighted by Crippen LogP contribution is -2.23. The highest BCUT2D eigenvalue weighted by Crippen LogP contribution is 2.28. The van der Waals surface area contributed by atoms with Crippen LogP contribution in [0.15, 0.2) is 52.9 Å². The summed E-state index contributed by atoms with van der Waals surface area (Å²) in [6.45, 7) is 2.86. The van der Waals surface area contributed by atoms with Gasteiger partial charge in [0, 0.05) is 24.4 Å². The largest absolute Gasteiger partial charge is 0.440 e. The minimum atomic E-state index is -0.285. The number of para-hydroxylation sites is 1.